The number of likely N-dealkylation sites (tertiary alicyclic amines) is 1. The predicted molar refractivity (Wildman–Crippen MR) is 94.2 cm³/mol. The number of amides is 1. The van der Waals surface area contributed by atoms with Crippen LogP contribution in [0.15, 0.2) is 29.2 Å². The summed E-state index contributed by atoms with van der Waals surface area (Å²) >= 11 is 1.69. The lowest BCUT2D eigenvalue weighted by atomic mass is 10.1. The first-order chi connectivity index (χ1) is 10.1. The normalized spacial score (nSPS) is 19.2. The minimum atomic E-state index is -0.444. The van der Waals surface area contributed by atoms with Crippen LogP contribution < -0.4 is 10.1 Å². The van der Waals surface area contributed by atoms with Crippen LogP contribution in [0.2, 0.25) is 0 Å². The molecule has 22 heavy (non-hydrogen) atoms. The van der Waals surface area contributed by atoms with Crippen molar-refractivity contribution in [2.24, 2.45) is 0 Å². The number of benzene rings is 1. The number of piperidine rings is 1. The van der Waals surface area contributed by atoms with Crippen molar-refractivity contribution in [1.82, 2.24) is 10.2 Å². The summed E-state index contributed by atoms with van der Waals surface area (Å²) in [4.78, 5) is 15.6. The molecule has 124 valence electrons. The van der Waals surface area contributed by atoms with Crippen LogP contribution >= 0.6 is 24.2 Å². The Hall–Kier alpha value is -0.910. The number of hydrogen-bond acceptors (Lipinski definition) is 4. The first-order valence-corrected chi connectivity index (χ1v) is 8.63. The van der Waals surface area contributed by atoms with Crippen LogP contribution in [0.25, 0.3) is 0 Å². The van der Waals surface area contributed by atoms with Gasteiger partial charge in [0, 0.05) is 24.0 Å². The Kier molecular flexibility index (Phi) is 8.07. The van der Waals surface area contributed by atoms with Gasteiger partial charge >= 0.3 is 0 Å². The van der Waals surface area contributed by atoms with E-state index in [-0.39, 0.29) is 18.3 Å². The lowest BCUT2D eigenvalue weighted by Crippen LogP contribution is -2.50. The summed E-state index contributed by atoms with van der Waals surface area (Å²) in [5.41, 5.74) is 0. The van der Waals surface area contributed by atoms with Gasteiger partial charge in [-0.3, -0.25) is 4.79 Å². The van der Waals surface area contributed by atoms with Gasteiger partial charge in [-0.05, 0) is 57.3 Å². The van der Waals surface area contributed by atoms with Crippen molar-refractivity contribution in [2.45, 2.75) is 36.8 Å². The summed E-state index contributed by atoms with van der Waals surface area (Å²) in [5.74, 6) is 0.819. The van der Waals surface area contributed by atoms with Gasteiger partial charge < -0.3 is 15.0 Å². The molecule has 6 heteroatoms. The molecule has 0 bridgehead atoms. The molecule has 0 radical (unpaired) electrons. The summed E-state index contributed by atoms with van der Waals surface area (Å²) in [6, 6.07) is 8.25. The SMILES string of the molecule is CNC1CCCN(C(=O)C(C)Oc2ccc(SC)cc2)C1.Cl. The molecule has 1 aromatic carbocycles. The largest absolute Gasteiger partial charge is 0.481 e. The van der Waals surface area contributed by atoms with Crippen molar-refractivity contribution in [2.75, 3.05) is 26.4 Å². The van der Waals surface area contributed by atoms with Crippen LogP contribution in [0, 0.1) is 0 Å². The lowest BCUT2D eigenvalue weighted by molar-refractivity contribution is -0.139. The Bertz CT molecular complexity index is 470. The van der Waals surface area contributed by atoms with Gasteiger partial charge in [0.25, 0.3) is 5.91 Å². The molecule has 0 saturated carbocycles. The number of carbonyl (C=O) groups is 1. The van der Waals surface area contributed by atoms with Gasteiger partial charge in [-0.25, -0.2) is 0 Å². The fourth-order valence-corrected chi connectivity index (χ4v) is 2.99. The number of thioether (sulfide) groups is 1. The minimum Gasteiger partial charge on any atom is -0.481 e. The van der Waals surface area contributed by atoms with Crippen molar-refractivity contribution in [3.05, 3.63) is 24.3 Å². The molecule has 1 aromatic rings. The number of nitrogens with zero attached hydrogens (tertiary/aromatic N) is 1. The average Bonchev–Trinajstić information content (AvgIpc) is 2.54. The van der Waals surface area contributed by atoms with Crippen LogP contribution in [0.5, 0.6) is 5.75 Å². The molecule has 1 heterocycles. The third kappa shape index (κ3) is 5.07. The first kappa shape index (κ1) is 19.1. The maximum absolute atomic E-state index is 12.5. The van der Waals surface area contributed by atoms with E-state index >= 15 is 0 Å². The summed E-state index contributed by atoms with van der Waals surface area (Å²) in [6.07, 6.45) is 3.77. The zero-order valence-corrected chi connectivity index (χ0v) is 15.0. The number of ether oxygens (including phenoxy) is 1. The smallest absolute Gasteiger partial charge is 0.263 e. The summed E-state index contributed by atoms with van der Waals surface area (Å²) < 4.78 is 5.78. The molecule has 2 rings (SSSR count). The minimum absolute atomic E-state index is 0. The fourth-order valence-electron chi connectivity index (χ4n) is 2.58. The molecule has 1 aliphatic rings. The number of rotatable bonds is 5. The Labute approximate surface area is 143 Å². The highest BCUT2D eigenvalue weighted by atomic mass is 35.5. The van der Waals surface area contributed by atoms with Gasteiger partial charge in [-0.2, -0.15) is 0 Å². The molecule has 1 N–H and O–H groups in total. The second-order valence-corrected chi connectivity index (χ2v) is 6.23. The van der Waals surface area contributed by atoms with Gasteiger partial charge in [0.1, 0.15) is 5.75 Å². The van der Waals surface area contributed by atoms with Crippen molar-refractivity contribution in [3.8, 4) is 5.75 Å². The lowest BCUT2D eigenvalue weighted by Gasteiger charge is -2.34. The topological polar surface area (TPSA) is 41.6 Å². The monoisotopic (exact) mass is 344 g/mol. The maximum Gasteiger partial charge on any atom is 0.263 e. The van der Waals surface area contributed by atoms with E-state index < -0.39 is 6.10 Å². The molecule has 0 spiro atoms. The van der Waals surface area contributed by atoms with Crippen molar-refractivity contribution in [3.63, 3.8) is 0 Å². The molecule has 4 nitrogen and oxygen atoms in total. The summed E-state index contributed by atoms with van der Waals surface area (Å²) in [7, 11) is 1.95. The van der Waals surface area contributed by atoms with E-state index in [9.17, 15) is 4.79 Å². The maximum atomic E-state index is 12.5. The number of carbonyl (C=O) groups excluding carboxylic acids is 1. The van der Waals surface area contributed by atoms with Gasteiger partial charge in [0.05, 0.1) is 0 Å². The third-order valence-electron chi connectivity index (χ3n) is 3.86. The Morgan fingerprint density at radius 2 is 2.09 bits per heavy atom. The highest BCUT2D eigenvalue weighted by Gasteiger charge is 2.27. The molecular weight excluding hydrogens is 320 g/mol. The van der Waals surface area contributed by atoms with E-state index in [0.717, 1.165) is 31.7 Å². The summed E-state index contributed by atoms with van der Waals surface area (Å²) in [6.45, 7) is 3.43. The fraction of sp³-hybridized carbons (Fsp3) is 0.562. The zero-order valence-electron chi connectivity index (χ0n) is 13.4. The molecule has 1 fully saturated rings. The quantitative estimate of drug-likeness (QED) is 0.834. The highest BCUT2D eigenvalue weighted by Crippen LogP contribution is 2.20. The molecule has 2 unspecified atom stereocenters. The number of nitrogens with one attached hydrogen (secondary N) is 1. The van der Waals surface area contributed by atoms with Gasteiger partial charge in [0.2, 0.25) is 0 Å². The number of halogens is 1. The molecule has 0 aliphatic carbocycles. The molecule has 1 amide bonds. The predicted octanol–water partition coefficient (Wildman–Crippen LogP) is 2.81. The summed E-state index contributed by atoms with van der Waals surface area (Å²) in [5, 5.41) is 3.25. The van der Waals surface area contributed by atoms with Gasteiger partial charge in [0.15, 0.2) is 6.10 Å². The van der Waals surface area contributed by atoms with Crippen molar-refractivity contribution < 1.29 is 9.53 Å². The van der Waals surface area contributed by atoms with Crippen molar-refractivity contribution in [1.29, 1.82) is 0 Å². The van der Waals surface area contributed by atoms with Crippen molar-refractivity contribution >= 4 is 30.1 Å². The second-order valence-electron chi connectivity index (χ2n) is 5.35. The van der Waals surface area contributed by atoms with E-state index in [1.807, 2.05) is 49.4 Å². The molecule has 0 aromatic heterocycles. The average molecular weight is 345 g/mol. The first-order valence-electron chi connectivity index (χ1n) is 7.40. The molecule has 1 aliphatic heterocycles. The molecular formula is C16H25ClN2O2S. The van der Waals surface area contributed by atoms with E-state index in [2.05, 4.69) is 5.32 Å². The van der Waals surface area contributed by atoms with Gasteiger partial charge in [-0.1, -0.05) is 0 Å². The zero-order chi connectivity index (χ0) is 15.2. The standard InChI is InChI=1S/C16H24N2O2S.ClH/c1-12(20-14-6-8-15(21-3)9-7-14)16(19)18-10-4-5-13(11-18)17-2;/h6-9,12-13,17H,4-5,10-11H2,1-3H3;1H. The Morgan fingerprint density at radius 1 is 1.41 bits per heavy atom. The van der Waals surface area contributed by atoms with Crippen LogP contribution in [0.4, 0.5) is 0 Å². The van der Waals surface area contributed by atoms with Crippen LogP contribution in [-0.2, 0) is 4.79 Å². The van der Waals surface area contributed by atoms with Crippen LogP contribution in [-0.4, -0.2) is 49.3 Å². The Morgan fingerprint density at radius 3 is 2.68 bits per heavy atom. The van der Waals surface area contributed by atoms with Crippen LogP contribution in [0.3, 0.4) is 0 Å². The van der Waals surface area contributed by atoms with E-state index in [0.29, 0.717) is 6.04 Å². The van der Waals surface area contributed by atoms with E-state index in [1.54, 1.807) is 11.8 Å². The molecule has 1 saturated heterocycles. The highest BCUT2D eigenvalue weighted by molar-refractivity contribution is 7.98. The van der Waals surface area contributed by atoms with E-state index in [4.69, 9.17) is 4.74 Å². The number of likely N-dealkylation sites (N-methyl/N-ethyl adjacent to an activating group) is 1. The van der Waals surface area contributed by atoms with Gasteiger partial charge in [-0.15, -0.1) is 24.2 Å². The van der Waals surface area contributed by atoms with Crippen LogP contribution in [0.1, 0.15) is 19.8 Å². The third-order valence-corrected chi connectivity index (χ3v) is 4.60. The molecule has 2 atom stereocenters. The number of hydrogen-bond donors (Lipinski definition) is 1. The second kappa shape index (κ2) is 9.28. The Balaban J connectivity index is 0.00000242. The van der Waals surface area contributed by atoms with E-state index in [1.165, 1.54) is 4.90 Å².